The first-order valence-corrected chi connectivity index (χ1v) is 7.94. The van der Waals surface area contributed by atoms with E-state index in [4.69, 9.17) is 0 Å². The van der Waals surface area contributed by atoms with Crippen LogP contribution in [0.4, 0.5) is 5.69 Å². The molecule has 1 aromatic carbocycles. The van der Waals surface area contributed by atoms with Gasteiger partial charge in [-0.1, -0.05) is 0 Å². The van der Waals surface area contributed by atoms with Gasteiger partial charge in [-0.3, -0.25) is 0 Å². The van der Waals surface area contributed by atoms with E-state index in [1.54, 1.807) is 0 Å². The van der Waals surface area contributed by atoms with E-state index >= 15 is 0 Å². The second-order valence-electron chi connectivity index (χ2n) is 4.70. The maximum absolute atomic E-state index is 11.9. The Morgan fingerprint density at radius 3 is 3.00 bits per heavy atom. The first-order chi connectivity index (χ1) is 9.16. The summed E-state index contributed by atoms with van der Waals surface area (Å²) in [5, 5.41) is 6.22. The molecule has 5 nitrogen and oxygen atoms in total. The number of aromatic nitrogens is 2. The third-order valence-corrected chi connectivity index (χ3v) is 3.83. The molecule has 0 atom stereocenters. The quantitative estimate of drug-likeness (QED) is 0.622. The van der Waals surface area contributed by atoms with Crippen molar-refractivity contribution in [1.82, 2.24) is 13.3 Å². The molecule has 0 radical (unpaired) electrons. The summed E-state index contributed by atoms with van der Waals surface area (Å²) in [6.07, 6.45) is 1.36. The van der Waals surface area contributed by atoms with Crippen LogP contribution >= 0.6 is 0 Å². The van der Waals surface area contributed by atoms with Crippen molar-refractivity contribution < 1.29 is 4.79 Å². The van der Waals surface area contributed by atoms with Crippen molar-refractivity contribution in [1.29, 1.82) is 0 Å². The van der Waals surface area contributed by atoms with Gasteiger partial charge in [-0.25, -0.2) is 0 Å². The number of fused-ring (bicyclic) bond motifs is 1. The molecule has 0 aliphatic heterocycles. The van der Waals surface area contributed by atoms with E-state index in [0.717, 1.165) is 29.7 Å². The molecule has 1 heterocycles. The van der Waals surface area contributed by atoms with Gasteiger partial charge in [0.15, 0.2) is 0 Å². The van der Waals surface area contributed by atoms with Crippen molar-refractivity contribution in [2.45, 2.75) is 32.7 Å². The van der Waals surface area contributed by atoms with Gasteiger partial charge in [0.05, 0.1) is 0 Å². The van der Waals surface area contributed by atoms with Crippen LogP contribution in [0.25, 0.3) is 11.0 Å². The van der Waals surface area contributed by atoms with Gasteiger partial charge in [0.1, 0.15) is 0 Å². The van der Waals surface area contributed by atoms with E-state index in [-0.39, 0.29) is 20.9 Å². The molecule has 0 unspecified atom stereocenters. The molecule has 1 amide bonds. The van der Waals surface area contributed by atoms with Crippen LogP contribution in [-0.4, -0.2) is 41.4 Å². The van der Waals surface area contributed by atoms with Crippen molar-refractivity contribution in [2.75, 3.05) is 11.9 Å². The van der Waals surface area contributed by atoms with Crippen LogP contribution in [0.15, 0.2) is 18.2 Å². The summed E-state index contributed by atoms with van der Waals surface area (Å²) in [5.41, 5.74) is 2.50. The second-order valence-corrected chi connectivity index (χ2v) is 5.81. The first kappa shape index (κ1) is 14.2. The summed E-state index contributed by atoms with van der Waals surface area (Å²) in [6.45, 7) is 5.06. The molecule has 0 bridgehead atoms. The van der Waals surface area contributed by atoms with E-state index < -0.39 is 0 Å². The summed E-state index contributed by atoms with van der Waals surface area (Å²) in [4.78, 5) is 11.9. The van der Waals surface area contributed by atoms with Crippen molar-refractivity contribution in [3.05, 3.63) is 18.2 Å². The summed E-state index contributed by atoms with van der Waals surface area (Å²) < 4.78 is 8.64. The van der Waals surface area contributed by atoms with E-state index in [1.807, 2.05) is 18.2 Å². The Balaban J connectivity index is 1.87. The summed E-state index contributed by atoms with van der Waals surface area (Å²) in [5.74, 6) is 0.0357. The van der Waals surface area contributed by atoms with E-state index in [9.17, 15) is 4.79 Å². The fourth-order valence-corrected chi connectivity index (χ4v) is 2.91. The molecule has 2 rings (SSSR count). The van der Waals surface area contributed by atoms with Crippen LogP contribution in [0, 0.1) is 0 Å². The number of carbonyl (C=O) groups is 1. The van der Waals surface area contributed by atoms with Crippen LogP contribution in [0.2, 0.25) is 0 Å². The zero-order valence-electron chi connectivity index (χ0n) is 11.1. The summed E-state index contributed by atoms with van der Waals surface area (Å²) in [7, 11) is 0. The molecule has 0 saturated carbocycles. The number of amides is 1. The number of benzene rings is 1. The molecule has 0 aliphatic carbocycles. The molecule has 6 heteroatoms. The molecule has 1 aromatic heterocycles. The predicted octanol–water partition coefficient (Wildman–Crippen LogP) is 1.40. The van der Waals surface area contributed by atoms with Crippen LogP contribution in [0.1, 0.15) is 26.7 Å². The molecule has 0 spiro atoms. The number of carbonyl (C=O) groups excluding carboxylic acids is 1. The molecule has 0 saturated heterocycles. The molecule has 102 valence electrons. The van der Waals surface area contributed by atoms with Crippen molar-refractivity contribution >= 4 is 37.6 Å². The third kappa shape index (κ3) is 4.13. The topological polar surface area (TPSA) is 66.9 Å². The first-order valence-electron chi connectivity index (χ1n) is 6.41. The summed E-state index contributed by atoms with van der Waals surface area (Å²) in [6, 6.07) is 6.16. The zero-order chi connectivity index (χ0) is 13.7. The average Bonchev–Trinajstić information content (AvgIpc) is 2.84. The number of nitrogens with one attached hydrogen (secondary N) is 2. The van der Waals surface area contributed by atoms with Crippen LogP contribution in [0.3, 0.4) is 0 Å². The Morgan fingerprint density at radius 2 is 2.21 bits per heavy atom. The Morgan fingerprint density at radius 1 is 1.37 bits per heavy atom. The number of hydrogen-bond donors (Lipinski definition) is 2. The molecule has 19 heavy (non-hydrogen) atoms. The van der Waals surface area contributed by atoms with Gasteiger partial charge in [-0.15, -0.1) is 0 Å². The van der Waals surface area contributed by atoms with Crippen molar-refractivity contribution in [3.63, 3.8) is 0 Å². The molecule has 2 aromatic rings. The minimum absolute atomic E-state index is 0.0357. The van der Waals surface area contributed by atoms with Gasteiger partial charge in [0.25, 0.3) is 0 Å². The average molecular weight is 325 g/mol. The number of anilines is 1. The van der Waals surface area contributed by atoms with Crippen molar-refractivity contribution in [2.24, 2.45) is 0 Å². The van der Waals surface area contributed by atoms with E-state index in [2.05, 4.69) is 32.4 Å². The van der Waals surface area contributed by atoms with Crippen LogP contribution < -0.4 is 10.6 Å². The van der Waals surface area contributed by atoms with Gasteiger partial charge in [-0.05, 0) is 0 Å². The molecular formula is C13H18N4OSe. The van der Waals surface area contributed by atoms with Crippen LogP contribution in [-0.2, 0) is 4.79 Å². The standard InChI is InChI=1S/C13H18N4OSe/c1-9(2)14-8-4-7-12(18)15-10-5-3-6-11-13(10)17-19-16-11/h3,5-6,9,14H,4,7-8H2,1-2H3,(H,15,18). The Labute approximate surface area is 119 Å². The van der Waals surface area contributed by atoms with E-state index in [0.29, 0.717) is 12.5 Å². The Bertz CT molecular complexity index is 552. The monoisotopic (exact) mass is 326 g/mol. The predicted molar refractivity (Wildman–Crippen MR) is 77.5 cm³/mol. The van der Waals surface area contributed by atoms with Gasteiger partial charge in [-0.2, -0.15) is 0 Å². The fraction of sp³-hybridized carbons (Fsp3) is 0.462. The number of nitrogens with zero attached hydrogens (tertiary/aromatic N) is 2. The molecule has 0 aliphatic rings. The third-order valence-electron chi connectivity index (χ3n) is 2.69. The van der Waals surface area contributed by atoms with Gasteiger partial charge >= 0.3 is 118 Å². The number of rotatable bonds is 6. The molecular weight excluding hydrogens is 307 g/mol. The molecule has 0 fully saturated rings. The minimum atomic E-state index is -0.0651. The Kier molecular flexibility index (Phi) is 5.07. The van der Waals surface area contributed by atoms with Gasteiger partial charge < -0.3 is 0 Å². The summed E-state index contributed by atoms with van der Waals surface area (Å²) >= 11 is -0.0651. The van der Waals surface area contributed by atoms with Gasteiger partial charge in [0.2, 0.25) is 0 Å². The number of hydrogen-bond acceptors (Lipinski definition) is 4. The normalized spacial score (nSPS) is 11.1. The van der Waals surface area contributed by atoms with Crippen molar-refractivity contribution in [3.8, 4) is 0 Å². The maximum atomic E-state index is 11.9. The van der Waals surface area contributed by atoms with Gasteiger partial charge in [0, 0.05) is 0 Å². The Hall–Kier alpha value is -1.23. The SMILES string of the molecule is CC(C)NCCCC(=O)Nc1cccc2n[se]nc12. The van der Waals surface area contributed by atoms with Crippen LogP contribution in [0.5, 0.6) is 0 Å². The second kappa shape index (κ2) is 6.80. The molecule has 2 N–H and O–H groups in total. The van der Waals surface area contributed by atoms with E-state index in [1.165, 1.54) is 0 Å². The fourth-order valence-electron chi connectivity index (χ4n) is 1.76. The zero-order valence-corrected chi connectivity index (χ0v) is 12.9.